The van der Waals surface area contributed by atoms with Gasteiger partial charge in [0.1, 0.15) is 5.82 Å². The summed E-state index contributed by atoms with van der Waals surface area (Å²) in [5.41, 5.74) is 5.35. The van der Waals surface area contributed by atoms with E-state index in [0.29, 0.717) is 6.61 Å². The van der Waals surface area contributed by atoms with Crippen molar-refractivity contribution in [2.45, 2.75) is 40.0 Å². The number of carbonyl (C=O) groups excluding carboxylic acids is 1. The number of fused-ring (bicyclic) bond motifs is 1. The van der Waals surface area contributed by atoms with Crippen LogP contribution in [0.25, 0.3) is 16.7 Å². The van der Waals surface area contributed by atoms with Crippen molar-refractivity contribution in [2.24, 2.45) is 0 Å². The standard InChI is InChI=1S/C21H24N2O2/c1-5-20-22-18-12-7-14(3)13-19(18)23(20)17-10-8-16(9-11-17)15(4)21(24)25-6-2/h7-13,15H,5-6H2,1-4H3. The van der Waals surface area contributed by atoms with Crippen LogP contribution in [0.1, 0.15) is 43.6 Å². The van der Waals surface area contributed by atoms with Crippen LogP contribution in [0.3, 0.4) is 0 Å². The van der Waals surface area contributed by atoms with Gasteiger partial charge in [-0.05, 0) is 56.2 Å². The Morgan fingerprint density at radius 3 is 2.52 bits per heavy atom. The van der Waals surface area contributed by atoms with Gasteiger partial charge in [-0.1, -0.05) is 25.1 Å². The minimum Gasteiger partial charge on any atom is -0.466 e. The topological polar surface area (TPSA) is 44.1 Å². The first-order valence-corrected chi connectivity index (χ1v) is 8.80. The van der Waals surface area contributed by atoms with E-state index >= 15 is 0 Å². The summed E-state index contributed by atoms with van der Waals surface area (Å²) in [6, 6.07) is 14.4. The highest BCUT2D eigenvalue weighted by molar-refractivity contribution is 5.80. The second-order valence-electron chi connectivity index (χ2n) is 6.27. The van der Waals surface area contributed by atoms with Crippen LogP contribution in [-0.4, -0.2) is 22.1 Å². The molecule has 0 amide bonds. The van der Waals surface area contributed by atoms with E-state index in [0.717, 1.165) is 34.5 Å². The fraction of sp³-hybridized carbons (Fsp3) is 0.333. The third-order valence-electron chi connectivity index (χ3n) is 4.49. The fourth-order valence-electron chi connectivity index (χ4n) is 3.08. The van der Waals surface area contributed by atoms with E-state index in [-0.39, 0.29) is 11.9 Å². The molecular formula is C21H24N2O2. The number of hydrogen-bond acceptors (Lipinski definition) is 3. The number of nitrogens with zero attached hydrogens (tertiary/aromatic N) is 2. The number of rotatable bonds is 5. The minimum atomic E-state index is -0.263. The molecule has 0 N–H and O–H groups in total. The highest BCUT2D eigenvalue weighted by atomic mass is 16.5. The van der Waals surface area contributed by atoms with Crippen LogP contribution in [-0.2, 0) is 16.0 Å². The van der Waals surface area contributed by atoms with Gasteiger partial charge in [0.15, 0.2) is 0 Å². The van der Waals surface area contributed by atoms with Crippen molar-refractivity contribution in [1.82, 2.24) is 9.55 Å². The van der Waals surface area contributed by atoms with Crippen molar-refractivity contribution in [3.8, 4) is 5.69 Å². The quantitative estimate of drug-likeness (QED) is 0.641. The molecule has 0 aliphatic heterocycles. The van der Waals surface area contributed by atoms with Crippen molar-refractivity contribution in [3.63, 3.8) is 0 Å². The Kier molecular flexibility index (Phi) is 4.88. The molecule has 4 heteroatoms. The molecule has 0 radical (unpaired) electrons. The van der Waals surface area contributed by atoms with Gasteiger partial charge < -0.3 is 4.74 Å². The largest absolute Gasteiger partial charge is 0.466 e. The Bertz CT molecular complexity index is 894. The van der Waals surface area contributed by atoms with E-state index in [1.54, 1.807) is 0 Å². The minimum absolute atomic E-state index is 0.187. The van der Waals surface area contributed by atoms with Crippen LogP contribution in [0.15, 0.2) is 42.5 Å². The fourth-order valence-corrected chi connectivity index (χ4v) is 3.08. The molecule has 2 aromatic carbocycles. The Labute approximate surface area is 148 Å². The van der Waals surface area contributed by atoms with Gasteiger partial charge in [0.25, 0.3) is 0 Å². The first-order chi connectivity index (χ1) is 12.0. The highest BCUT2D eigenvalue weighted by Crippen LogP contribution is 2.25. The first-order valence-electron chi connectivity index (χ1n) is 8.80. The van der Waals surface area contributed by atoms with Crippen LogP contribution in [0.4, 0.5) is 0 Å². The summed E-state index contributed by atoms with van der Waals surface area (Å²) < 4.78 is 7.31. The molecule has 4 nitrogen and oxygen atoms in total. The van der Waals surface area contributed by atoms with Crippen LogP contribution >= 0.6 is 0 Å². The lowest BCUT2D eigenvalue weighted by Gasteiger charge is -2.13. The van der Waals surface area contributed by atoms with Gasteiger partial charge in [-0.25, -0.2) is 4.98 Å². The molecular weight excluding hydrogens is 312 g/mol. The number of hydrogen-bond donors (Lipinski definition) is 0. The van der Waals surface area contributed by atoms with E-state index in [1.165, 1.54) is 5.56 Å². The smallest absolute Gasteiger partial charge is 0.313 e. The molecule has 0 spiro atoms. The Morgan fingerprint density at radius 1 is 1.16 bits per heavy atom. The van der Waals surface area contributed by atoms with Crippen LogP contribution < -0.4 is 0 Å². The Hall–Kier alpha value is -2.62. The second-order valence-corrected chi connectivity index (χ2v) is 6.27. The highest BCUT2D eigenvalue weighted by Gasteiger charge is 2.17. The molecule has 0 fully saturated rings. The maximum atomic E-state index is 11.9. The Balaban J connectivity index is 2.01. The average Bonchev–Trinajstić information content (AvgIpc) is 2.99. The molecule has 0 saturated carbocycles. The molecule has 0 aliphatic carbocycles. The van der Waals surface area contributed by atoms with E-state index in [4.69, 9.17) is 9.72 Å². The zero-order valence-corrected chi connectivity index (χ0v) is 15.2. The van der Waals surface area contributed by atoms with Crippen molar-refractivity contribution in [3.05, 3.63) is 59.4 Å². The Morgan fingerprint density at radius 2 is 1.88 bits per heavy atom. The molecule has 130 valence electrons. The van der Waals surface area contributed by atoms with Gasteiger partial charge in [0.05, 0.1) is 23.6 Å². The zero-order valence-electron chi connectivity index (χ0n) is 15.2. The number of aryl methyl sites for hydroxylation is 2. The SMILES string of the molecule is CCOC(=O)C(C)c1ccc(-n2c(CC)nc3ccc(C)cc32)cc1. The number of ether oxygens (including phenoxy) is 1. The third-order valence-corrected chi connectivity index (χ3v) is 4.49. The molecule has 0 aliphatic rings. The molecule has 1 unspecified atom stereocenters. The maximum absolute atomic E-state index is 11.9. The van der Waals surface area contributed by atoms with E-state index < -0.39 is 0 Å². The van der Waals surface area contributed by atoms with Crippen molar-refractivity contribution in [1.29, 1.82) is 0 Å². The lowest BCUT2D eigenvalue weighted by atomic mass is 10.0. The molecule has 1 aromatic heterocycles. The molecule has 3 aromatic rings. The van der Waals surface area contributed by atoms with Gasteiger partial charge in [0.2, 0.25) is 0 Å². The zero-order chi connectivity index (χ0) is 18.0. The predicted octanol–water partition coefficient (Wildman–Crippen LogP) is 4.56. The number of imidazole rings is 1. The van der Waals surface area contributed by atoms with E-state index in [9.17, 15) is 4.79 Å². The van der Waals surface area contributed by atoms with Crippen LogP contribution in [0.5, 0.6) is 0 Å². The van der Waals surface area contributed by atoms with Gasteiger partial charge in [0, 0.05) is 12.1 Å². The van der Waals surface area contributed by atoms with Gasteiger partial charge in [-0.15, -0.1) is 0 Å². The number of aromatic nitrogens is 2. The lowest BCUT2D eigenvalue weighted by molar-refractivity contribution is -0.144. The summed E-state index contributed by atoms with van der Waals surface area (Å²) in [5.74, 6) is 0.585. The summed E-state index contributed by atoms with van der Waals surface area (Å²) in [6.07, 6.45) is 0.856. The summed E-state index contributed by atoms with van der Waals surface area (Å²) in [7, 11) is 0. The van der Waals surface area contributed by atoms with Crippen LogP contribution in [0, 0.1) is 6.92 Å². The number of benzene rings is 2. The molecule has 25 heavy (non-hydrogen) atoms. The van der Waals surface area contributed by atoms with Crippen molar-refractivity contribution >= 4 is 17.0 Å². The maximum Gasteiger partial charge on any atom is 0.313 e. The second kappa shape index (κ2) is 7.09. The molecule has 1 atom stereocenters. The third kappa shape index (κ3) is 3.29. The van der Waals surface area contributed by atoms with E-state index in [2.05, 4.69) is 36.6 Å². The van der Waals surface area contributed by atoms with Gasteiger partial charge in [-0.2, -0.15) is 0 Å². The summed E-state index contributed by atoms with van der Waals surface area (Å²) in [6.45, 7) is 8.31. The molecule has 1 heterocycles. The summed E-state index contributed by atoms with van der Waals surface area (Å²) >= 11 is 0. The lowest BCUT2D eigenvalue weighted by Crippen LogP contribution is -2.13. The van der Waals surface area contributed by atoms with Crippen LogP contribution in [0.2, 0.25) is 0 Å². The normalized spacial score (nSPS) is 12.3. The first kappa shape index (κ1) is 17.2. The van der Waals surface area contributed by atoms with E-state index in [1.807, 2.05) is 38.1 Å². The van der Waals surface area contributed by atoms with Gasteiger partial charge in [-0.3, -0.25) is 9.36 Å². The molecule has 3 rings (SSSR count). The average molecular weight is 336 g/mol. The number of esters is 1. The molecule has 0 saturated heterocycles. The number of carbonyl (C=O) groups is 1. The van der Waals surface area contributed by atoms with Crippen molar-refractivity contribution in [2.75, 3.05) is 6.61 Å². The molecule has 0 bridgehead atoms. The van der Waals surface area contributed by atoms with Crippen molar-refractivity contribution < 1.29 is 9.53 Å². The summed E-state index contributed by atoms with van der Waals surface area (Å²) in [4.78, 5) is 16.7. The van der Waals surface area contributed by atoms with Gasteiger partial charge >= 0.3 is 5.97 Å². The summed E-state index contributed by atoms with van der Waals surface area (Å²) in [5, 5.41) is 0. The monoisotopic (exact) mass is 336 g/mol. The predicted molar refractivity (Wildman–Crippen MR) is 100 cm³/mol.